The van der Waals surface area contributed by atoms with Crippen molar-refractivity contribution in [2.45, 2.75) is 44.3 Å². The Bertz CT molecular complexity index is 255. The zero-order valence-electron chi connectivity index (χ0n) is 11.0. The highest BCUT2D eigenvalue weighted by molar-refractivity contribution is 5.09. The molecule has 0 bridgehead atoms. The number of nitrogens with zero attached hydrogens (tertiary/aromatic N) is 1. The highest BCUT2D eigenvalue weighted by Gasteiger charge is 2.58. The molecule has 2 rings (SSSR count). The lowest BCUT2D eigenvalue weighted by Gasteiger charge is -2.57. The third-order valence-electron chi connectivity index (χ3n) is 4.99. The molecular formula is C13H25NO3. The molecule has 2 fully saturated rings. The van der Waals surface area contributed by atoms with E-state index in [1.807, 2.05) is 0 Å². The van der Waals surface area contributed by atoms with Crippen molar-refractivity contribution < 1.29 is 14.9 Å². The summed E-state index contributed by atoms with van der Waals surface area (Å²) in [4.78, 5) is 2.35. The predicted molar refractivity (Wildman–Crippen MR) is 65.8 cm³/mol. The minimum Gasteiger partial charge on any atom is -0.396 e. The number of rotatable bonds is 4. The first-order chi connectivity index (χ1) is 8.09. The van der Waals surface area contributed by atoms with Crippen molar-refractivity contribution in [3.05, 3.63) is 0 Å². The summed E-state index contributed by atoms with van der Waals surface area (Å²) in [5, 5.41) is 20.5. The summed E-state index contributed by atoms with van der Waals surface area (Å²) in [5.41, 5.74) is -1.00. The molecule has 0 aromatic carbocycles. The van der Waals surface area contributed by atoms with Crippen LogP contribution < -0.4 is 0 Å². The molecule has 1 heterocycles. The fourth-order valence-electron chi connectivity index (χ4n) is 3.40. The molecule has 2 N–H and O–H groups in total. The lowest BCUT2D eigenvalue weighted by Crippen LogP contribution is -2.63. The Hall–Kier alpha value is -0.160. The minimum absolute atomic E-state index is 0.0789. The largest absolute Gasteiger partial charge is 0.396 e. The Morgan fingerprint density at radius 2 is 1.88 bits per heavy atom. The topological polar surface area (TPSA) is 52.9 Å². The maximum Gasteiger partial charge on any atom is 0.0751 e. The van der Waals surface area contributed by atoms with Crippen molar-refractivity contribution in [2.75, 3.05) is 33.4 Å². The maximum absolute atomic E-state index is 10.8. The molecule has 0 aromatic rings. The van der Waals surface area contributed by atoms with E-state index < -0.39 is 5.60 Å². The Morgan fingerprint density at radius 3 is 2.29 bits per heavy atom. The number of hydrogen-bond acceptors (Lipinski definition) is 4. The second kappa shape index (κ2) is 4.84. The molecular weight excluding hydrogens is 218 g/mol. The maximum atomic E-state index is 10.8. The summed E-state index contributed by atoms with van der Waals surface area (Å²) < 4.78 is 5.29. The number of likely N-dealkylation sites (tertiary alicyclic amines) is 1. The zero-order valence-corrected chi connectivity index (χ0v) is 11.0. The molecule has 0 aromatic heterocycles. The summed E-state index contributed by atoms with van der Waals surface area (Å²) in [6, 6.07) is 0. The van der Waals surface area contributed by atoms with Crippen LogP contribution in [0, 0.1) is 5.41 Å². The van der Waals surface area contributed by atoms with Crippen molar-refractivity contribution in [3.63, 3.8) is 0 Å². The smallest absolute Gasteiger partial charge is 0.0751 e. The van der Waals surface area contributed by atoms with Crippen LogP contribution in [0.3, 0.4) is 0 Å². The van der Waals surface area contributed by atoms with Gasteiger partial charge < -0.3 is 19.8 Å². The average Bonchev–Trinajstić information content (AvgIpc) is 2.30. The summed E-state index contributed by atoms with van der Waals surface area (Å²) in [5.74, 6) is 0. The molecule has 1 saturated carbocycles. The SMILES string of the molecule is CCN1CCC(O)(C2(CO)CC(OC)C2)CC1. The Labute approximate surface area is 104 Å². The van der Waals surface area contributed by atoms with E-state index >= 15 is 0 Å². The van der Waals surface area contributed by atoms with Crippen LogP contribution in [0.15, 0.2) is 0 Å². The van der Waals surface area contributed by atoms with Gasteiger partial charge in [-0.25, -0.2) is 0 Å². The van der Waals surface area contributed by atoms with Crippen LogP contribution in [-0.4, -0.2) is 60.2 Å². The van der Waals surface area contributed by atoms with Gasteiger partial charge in [-0.15, -0.1) is 0 Å². The van der Waals surface area contributed by atoms with Gasteiger partial charge in [0.1, 0.15) is 0 Å². The van der Waals surface area contributed by atoms with Crippen LogP contribution in [-0.2, 0) is 4.74 Å². The van der Waals surface area contributed by atoms with Gasteiger partial charge in [-0.05, 0) is 32.2 Å². The Balaban J connectivity index is 2.00. The molecule has 0 radical (unpaired) electrons. The van der Waals surface area contributed by atoms with Crippen LogP contribution in [0.5, 0.6) is 0 Å². The predicted octanol–water partition coefficient (Wildman–Crippen LogP) is 0.621. The van der Waals surface area contributed by atoms with Crippen LogP contribution in [0.25, 0.3) is 0 Å². The molecule has 4 heteroatoms. The van der Waals surface area contributed by atoms with Gasteiger partial charge >= 0.3 is 0 Å². The fraction of sp³-hybridized carbons (Fsp3) is 1.00. The van der Waals surface area contributed by atoms with E-state index in [0.717, 1.165) is 45.3 Å². The molecule has 100 valence electrons. The second-order valence-electron chi connectivity index (χ2n) is 5.67. The molecule has 0 spiro atoms. The number of aliphatic hydroxyl groups is 2. The second-order valence-corrected chi connectivity index (χ2v) is 5.67. The third-order valence-corrected chi connectivity index (χ3v) is 4.99. The number of piperidine rings is 1. The lowest BCUT2D eigenvalue weighted by atomic mass is 9.55. The van der Waals surface area contributed by atoms with E-state index in [1.165, 1.54) is 0 Å². The molecule has 0 atom stereocenters. The van der Waals surface area contributed by atoms with Crippen molar-refractivity contribution in [1.29, 1.82) is 0 Å². The number of methoxy groups -OCH3 is 1. The zero-order chi connectivity index (χ0) is 12.5. The standard InChI is InChI=1S/C13H25NO3/c1-3-14-6-4-13(16,5-7-14)12(10-15)8-11(9-12)17-2/h11,15-16H,3-10H2,1-2H3. The minimum atomic E-state index is -0.692. The Kier molecular flexibility index (Phi) is 3.78. The van der Waals surface area contributed by atoms with Crippen LogP contribution in [0.4, 0.5) is 0 Å². The van der Waals surface area contributed by atoms with E-state index in [-0.39, 0.29) is 18.1 Å². The first-order valence-electron chi connectivity index (χ1n) is 6.67. The van der Waals surface area contributed by atoms with Gasteiger partial charge in [-0.2, -0.15) is 0 Å². The Morgan fingerprint density at radius 1 is 1.29 bits per heavy atom. The van der Waals surface area contributed by atoms with E-state index in [4.69, 9.17) is 4.74 Å². The molecule has 17 heavy (non-hydrogen) atoms. The summed E-state index contributed by atoms with van der Waals surface area (Å²) in [6.45, 7) is 5.15. The lowest BCUT2D eigenvalue weighted by molar-refractivity contribution is -0.213. The van der Waals surface area contributed by atoms with Gasteiger partial charge in [0.2, 0.25) is 0 Å². The van der Waals surface area contributed by atoms with Crippen LogP contribution in [0.2, 0.25) is 0 Å². The first-order valence-corrected chi connectivity index (χ1v) is 6.67. The number of aliphatic hydroxyl groups excluding tert-OH is 1. The molecule has 1 saturated heterocycles. The highest BCUT2D eigenvalue weighted by Crippen LogP contribution is 2.53. The quantitative estimate of drug-likeness (QED) is 0.760. The van der Waals surface area contributed by atoms with Crippen molar-refractivity contribution in [3.8, 4) is 0 Å². The van der Waals surface area contributed by atoms with Crippen molar-refractivity contribution >= 4 is 0 Å². The summed E-state index contributed by atoms with van der Waals surface area (Å²) in [6.07, 6.45) is 3.36. The van der Waals surface area contributed by atoms with Gasteiger partial charge in [-0.1, -0.05) is 6.92 Å². The van der Waals surface area contributed by atoms with Crippen LogP contribution in [0.1, 0.15) is 32.6 Å². The molecule has 0 unspecified atom stereocenters. The van der Waals surface area contributed by atoms with Crippen molar-refractivity contribution in [1.82, 2.24) is 4.90 Å². The van der Waals surface area contributed by atoms with E-state index in [9.17, 15) is 10.2 Å². The molecule has 4 nitrogen and oxygen atoms in total. The van der Waals surface area contributed by atoms with E-state index in [1.54, 1.807) is 7.11 Å². The molecule has 0 amide bonds. The van der Waals surface area contributed by atoms with Gasteiger partial charge in [0.25, 0.3) is 0 Å². The van der Waals surface area contributed by atoms with Gasteiger partial charge in [0, 0.05) is 25.6 Å². The third kappa shape index (κ3) is 2.12. The average molecular weight is 243 g/mol. The highest BCUT2D eigenvalue weighted by atomic mass is 16.5. The van der Waals surface area contributed by atoms with E-state index in [0.29, 0.717) is 0 Å². The van der Waals surface area contributed by atoms with Crippen LogP contribution >= 0.6 is 0 Å². The number of hydrogen-bond donors (Lipinski definition) is 2. The normalized spacial score (nSPS) is 37.8. The fourth-order valence-corrected chi connectivity index (χ4v) is 3.40. The summed E-state index contributed by atoms with van der Waals surface area (Å²) >= 11 is 0. The van der Waals surface area contributed by atoms with E-state index in [2.05, 4.69) is 11.8 Å². The van der Waals surface area contributed by atoms with Gasteiger partial charge in [0.05, 0.1) is 18.3 Å². The summed E-state index contributed by atoms with van der Waals surface area (Å²) in [7, 11) is 1.70. The molecule has 1 aliphatic carbocycles. The number of ether oxygens (including phenoxy) is 1. The molecule has 1 aliphatic heterocycles. The van der Waals surface area contributed by atoms with Crippen molar-refractivity contribution in [2.24, 2.45) is 5.41 Å². The van der Waals surface area contributed by atoms with Gasteiger partial charge in [-0.3, -0.25) is 0 Å². The molecule has 2 aliphatic rings. The van der Waals surface area contributed by atoms with Gasteiger partial charge in [0.15, 0.2) is 0 Å². The first kappa shape index (κ1) is 13.3. The monoisotopic (exact) mass is 243 g/mol.